The molecule has 0 aromatic heterocycles. The van der Waals surface area contributed by atoms with Crippen LogP contribution in [0.3, 0.4) is 0 Å². The molecule has 5 nitrogen and oxygen atoms in total. The number of piperidine rings is 1. The lowest BCUT2D eigenvalue weighted by Gasteiger charge is -2.40. The Labute approximate surface area is 129 Å². The quantitative estimate of drug-likeness (QED) is 0.922. The molecule has 2 saturated heterocycles. The van der Waals surface area contributed by atoms with Crippen LogP contribution in [0.25, 0.3) is 0 Å². The number of rotatable bonds is 3. The van der Waals surface area contributed by atoms with Crippen molar-refractivity contribution in [2.75, 3.05) is 26.3 Å². The summed E-state index contributed by atoms with van der Waals surface area (Å²) in [7, 11) is 0. The summed E-state index contributed by atoms with van der Waals surface area (Å²) in [5, 5.41) is 9.76. The number of likely N-dealkylation sites (tertiary alicyclic amines) is 1. The molecule has 1 atom stereocenters. The zero-order valence-electron chi connectivity index (χ0n) is 12.5. The number of nitrogens with zero attached hydrogens (tertiary/aromatic N) is 1. The van der Waals surface area contributed by atoms with Crippen molar-refractivity contribution >= 4 is 11.9 Å². The van der Waals surface area contributed by atoms with E-state index in [0.29, 0.717) is 39.1 Å². The van der Waals surface area contributed by atoms with E-state index >= 15 is 0 Å². The fraction of sp³-hybridized carbons (Fsp3) is 0.529. The number of carboxylic acid groups (broad SMARTS) is 1. The van der Waals surface area contributed by atoms with Gasteiger partial charge in [-0.2, -0.15) is 0 Å². The summed E-state index contributed by atoms with van der Waals surface area (Å²) in [6.45, 7) is 2.14. The fourth-order valence-corrected chi connectivity index (χ4v) is 3.48. The molecule has 0 saturated carbocycles. The molecule has 1 N–H and O–H groups in total. The highest BCUT2D eigenvalue weighted by atomic mass is 16.5. The third-order valence-electron chi connectivity index (χ3n) is 4.94. The van der Waals surface area contributed by atoms with Crippen molar-refractivity contribution < 1.29 is 19.4 Å². The van der Waals surface area contributed by atoms with Crippen LogP contribution in [0.5, 0.6) is 0 Å². The number of carbonyl (C=O) groups excluding carboxylic acids is 1. The van der Waals surface area contributed by atoms with Crippen LogP contribution in [0, 0.1) is 5.92 Å². The predicted molar refractivity (Wildman–Crippen MR) is 80.5 cm³/mol. The van der Waals surface area contributed by atoms with Gasteiger partial charge in [-0.05, 0) is 24.8 Å². The average Bonchev–Trinajstić information content (AvgIpc) is 3.09. The topological polar surface area (TPSA) is 66.8 Å². The number of benzene rings is 1. The van der Waals surface area contributed by atoms with E-state index in [2.05, 4.69) is 0 Å². The minimum Gasteiger partial charge on any atom is -0.481 e. The summed E-state index contributed by atoms with van der Waals surface area (Å²) in [5.41, 5.74) is -0.0386. The Balaban J connectivity index is 1.73. The van der Waals surface area contributed by atoms with Crippen molar-refractivity contribution in [3.05, 3.63) is 35.9 Å². The van der Waals surface area contributed by atoms with Crippen molar-refractivity contribution in [3.8, 4) is 0 Å². The fourth-order valence-electron chi connectivity index (χ4n) is 3.48. The van der Waals surface area contributed by atoms with Gasteiger partial charge in [0.15, 0.2) is 0 Å². The highest BCUT2D eigenvalue weighted by molar-refractivity contribution is 5.83. The van der Waals surface area contributed by atoms with Crippen LogP contribution in [-0.2, 0) is 19.7 Å². The Bertz CT molecular complexity index is 543. The van der Waals surface area contributed by atoms with E-state index in [4.69, 9.17) is 4.74 Å². The number of ether oxygens (including phenoxy) is 1. The molecule has 1 aromatic rings. The van der Waals surface area contributed by atoms with Gasteiger partial charge in [0.05, 0.1) is 17.9 Å². The van der Waals surface area contributed by atoms with E-state index in [0.717, 1.165) is 12.0 Å². The molecule has 22 heavy (non-hydrogen) atoms. The van der Waals surface area contributed by atoms with E-state index < -0.39 is 11.4 Å². The van der Waals surface area contributed by atoms with Crippen LogP contribution in [0.2, 0.25) is 0 Å². The van der Waals surface area contributed by atoms with Crippen LogP contribution in [0.15, 0.2) is 30.3 Å². The highest BCUT2D eigenvalue weighted by Gasteiger charge is 2.44. The number of hydrogen-bond donors (Lipinski definition) is 1. The van der Waals surface area contributed by atoms with Crippen molar-refractivity contribution in [2.45, 2.75) is 24.7 Å². The minimum absolute atomic E-state index is 0.0472. The first kappa shape index (κ1) is 15.0. The molecule has 0 radical (unpaired) electrons. The Morgan fingerprint density at radius 3 is 2.41 bits per heavy atom. The molecule has 3 rings (SSSR count). The number of carboxylic acids is 1. The first-order valence-corrected chi connectivity index (χ1v) is 7.79. The summed E-state index contributed by atoms with van der Waals surface area (Å²) in [4.78, 5) is 26.1. The van der Waals surface area contributed by atoms with E-state index in [9.17, 15) is 14.7 Å². The molecular weight excluding hydrogens is 282 g/mol. The van der Waals surface area contributed by atoms with Crippen LogP contribution in [-0.4, -0.2) is 48.2 Å². The van der Waals surface area contributed by atoms with Gasteiger partial charge in [-0.3, -0.25) is 9.59 Å². The van der Waals surface area contributed by atoms with Gasteiger partial charge in [0.1, 0.15) is 0 Å². The van der Waals surface area contributed by atoms with Gasteiger partial charge in [0, 0.05) is 19.7 Å². The average molecular weight is 303 g/mol. The van der Waals surface area contributed by atoms with Crippen LogP contribution in [0.4, 0.5) is 0 Å². The smallest absolute Gasteiger partial charge is 0.314 e. The lowest BCUT2D eigenvalue weighted by Crippen LogP contribution is -2.50. The Morgan fingerprint density at radius 1 is 1.18 bits per heavy atom. The first-order valence-electron chi connectivity index (χ1n) is 7.79. The predicted octanol–water partition coefficient (Wildman–Crippen LogP) is 1.67. The summed E-state index contributed by atoms with van der Waals surface area (Å²) in [5.74, 6) is -0.728. The zero-order chi connectivity index (χ0) is 15.6. The molecule has 5 heteroatoms. The van der Waals surface area contributed by atoms with Crippen LogP contribution >= 0.6 is 0 Å². The second-order valence-electron chi connectivity index (χ2n) is 6.14. The third-order valence-corrected chi connectivity index (χ3v) is 4.94. The van der Waals surface area contributed by atoms with Crippen molar-refractivity contribution in [1.29, 1.82) is 0 Å². The molecule has 0 unspecified atom stereocenters. The molecule has 0 aliphatic carbocycles. The van der Waals surface area contributed by atoms with E-state index in [1.54, 1.807) is 0 Å². The largest absolute Gasteiger partial charge is 0.481 e. The molecule has 118 valence electrons. The molecule has 2 aliphatic heterocycles. The van der Waals surface area contributed by atoms with Crippen molar-refractivity contribution in [1.82, 2.24) is 4.90 Å². The zero-order valence-corrected chi connectivity index (χ0v) is 12.5. The minimum atomic E-state index is -0.871. The van der Waals surface area contributed by atoms with Crippen LogP contribution < -0.4 is 0 Å². The van der Waals surface area contributed by atoms with E-state index in [-0.39, 0.29) is 11.8 Å². The van der Waals surface area contributed by atoms with Gasteiger partial charge in [0.2, 0.25) is 5.91 Å². The van der Waals surface area contributed by atoms with Gasteiger partial charge in [0.25, 0.3) is 0 Å². The number of carbonyl (C=O) groups is 2. The SMILES string of the molecule is O=C([C@@H]1CCOC1)N1CCC(C(=O)O)(c2ccccc2)CC1. The summed E-state index contributed by atoms with van der Waals surface area (Å²) in [6.07, 6.45) is 1.70. The van der Waals surface area contributed by atoms with Gasteiger partial charge >= 0.3 is 5.97 Å². The lowest BCUT2D eigenvalue weighted by atomic mass is 9.72. The molecule has 2 fully saturated rings. The van der Waals surface area contributed by atoms with Crippen molar-refractivity contribution in [2.24, 2.45) is 5.92 Å². The van der Waals surface area contributed by atoms with Crippen LogP contribution in [0.1, 0.15) is 24.8 Å². The molecule has 0 bridgehead atoms. The Morgan fingerprint density at radius 2 is 1.86 bits per heavy atom. The molecule has 2 aliphatic rings. The normalized spacial score (nSPS) is 24.2. The van der Waals surface area contributed by atoms with Gasteiger partial charge < -0.3 is 14.7 Å². The van der Waals surface area contributed by atoms with Gasteiger partial charge in [-0.25, -0.2) is 0 Å². The number of amides is 1. The Kier molecular flexibility index (Phi) is 4.16. The lowest BCUT2D eigenvalue weighted by molar-refractivity contribution is -0.149. The molecule has 0 spiro atoms. The molecule has 1 amide bonds. The standard InChI is InChI=1S/C17H21NO4/c19-15(13-6-11-22-12-13)18-9-7-17(8-10-18,16(20)21)14-4-2-1-3-5-14/h1-5,13H,6-12H2,(H,20,21)/t13-/m1/s1. The highest BCUT2D eigenvalue weighted by Crippen LogP contribution is 2.36. The summed E-state index contributed by atoms with van der Waals surface area (Å²) in [6, 6.07) is 9.37. The summed E-state index contributed by atoms with van der Waals surface area (Å²) >= 11 is 0. The van der Waals surface area contributed by atoms with E-state index in [1.165, 1.54) is 0 Å². The maximum atomic E-state index is 12.4. The molecular formula is C17H21NO4. The second kappa shape index (κ2) is 6.08. The van der Waals surface area contributed by atoms with Gasteiger partial charge in [-0.1, -0.05) is 30.3 Å². The second-order valence-corrected chi connectivity index (χ2v) is 6.14. The maximum Gasteiger partial charge on any atom is 0.314 e. The molecule has 1 aromatic carbocycles. The number of hydrogen-bond acceptors (Lipinski definition) is 3. The monoisotopic (exact) mass is 303 g/mol. The number of aliphatic carboxylic acids is 1. The van der Waals surface area contributed by atoms with E-state index in [1.807, 2.05) is 35.2 Å². The van der Waals surface area contributed by atoms with Crippen molar-refractivity contribution in [3.63, 3.8) is 0 Å². The maximum absolute atomic E-state index is 12.4. The third kappa shape index (κ3) is 2.61. The Hall–Kier alpha value is -1.88. The first-order chi connectivity index (χ1) is 10.6. The molecule has 2 heterocycles. The summed E-state index contributed by atoms with van der Waals surface area (Å²) < 4.78 is 5.28. The van der Waals surface area contributed by atoms with Gasteiger partial charge in [-0.15, -0.1) is 0 Å².